The van der Waals surface area contributed by atoms with E-state index in [9.17, 15) is 14.4 Å². The SMILES string of the molecule is CN1C(=O)C(=Cc2ccc(OCCCC3CCCCC3)c(Br)c2)C(=O)N(C)C1=O. The van der Waals surface area contributed by atoms with E-state index in [2.05, 4.69) is 15.9 Å². The Morgan fingerprint density at radius 1 is 1.07 bits per heavy atom. The fraction of sp³-hybridized carbons (Fsp3) is 0.500. The molecule has 1 aliphatic carbocycles. The lowest BCUT2D eigenvalue weighted by atomic mass is 9.86. The highest BCUT2D eigenvalue weighted by atomic mass is 79.9. The van der Waals surface area contributed by atoms with Crippen molar-refractivity contribution < 1.29 is 19.1 Å². The average Bonchev–Trinajstić information content (AvgIpc) is 2.73. The Bertz CT molecular complexity index is 804. The Balaban J connectivity index is 1.61. The largest absolute Gasteiger partial charge is 0.492 e. The Morgan fingerprint density at radius 2 is 1.72 bits per heavy atom. The molecule has 6 nitrogen and oxygen atoms in total. The van der Waals surface area contributed by atoms with Crippen LogP contribution in [-0.4, -0.2) is 48.3 Å². The Kier molecular flexibility index (Phi) is 7.11. The summed E-state index contributed by atoms with van der Waals surface area (Å²) in [5.41, 5.74) is 0.641. The minimum atomic E-state index is -0.629. The van der Waals surface area contributed by atoms with E-state index >= 15 is 0 Å². The number of carbonyl (C=O) groups excluding carboxylic acids is 3. The molecule has 4 amide bonds. The number of carbonyl (C=O) groups is 3. The second kappa shape index (κ2) is 9.57. The van der Waals surface area contributed by atoms with Crippen molar-refractivity contribution in [1.82, 2.24) is 9.80 Å². The van der Waals surface area contributed by atoms with Crippen LogP contribution in [0.15, 0.2) is 28.2 Å². The van der Waals surface area contributed by atoms with Gasteiger partial charge in [0.05, 0.1) is 11.1 Å². The molecule has 1 heterocycles. The molecule has 29 heavy (non-hydrogen) atoms. The third kappa shape index (κ3) is 5.07. The molecule has 7 heteroatoms. The first kappa shape index (κ1) is 21.6. The highest BCUT2D eigenvalue weighted by Gasteiger charge is 2.37. The summed E-state index contributed by atoms with van der Waals surface area (Å²) in [6.07, 6.45) is 10.5. The number of hydrogen-bond acceptors (Lipinski definition) is 4. The number of ether oxygens (including phenoxy) is 1. The van der Waals surface area contributed by atoms with Gasteiger partial charge in [-0.1, -0.05) is 38.2 Å². The van der Waals surface area contributed by atoms with Crippen LogP contribution in [0.1, 0.15) is 50.5 Å². The predicted molar refractivity (Wildman–Crippen MR) is 114 cm³/mol. The number of amides is 4. The summed E-state index contributed by atoms with van der Waals surface area (Å²) < 4.78 is 6.66. The molecule has 0 spiro atoms. The van der Waals surface area contributed by atoms with E-state index < -0.39 is 17.8 Å². The number of hydrogen-bond donors (Lipinski definition) is 0. The molecule has 0 radical (unpaired) electrons. The van der Waals surface area contributed by atoms with Crippen molar-refractivity contribution in [2.24, 2.45) is 5.92 Å². The topological polar surface area (TPSA) is 66.9 Å². The number of halogens is 1. The second-order valence-corrected chi connectivity index (χ2v) is 8.61. The first-order valence-electron chi connectivity index (χ1n) is 10.1. The average molecular weight is 463 g/mol. The monoisotopic (exact) mass is 462 g/mol. The van der Waals surface area contributed by atoms with Gasteiger partial charge in [-0.15, -0.1) is 0 Å². The Hall–Kier alpha value is -2.15. The van der Waals surface area contributed by atoms with E-state index in [1.807, 2.05) is 6.07 Å². The van der Waals surface area contributed by atoms with E-state index in [0.29, 0.717) is 12.2 Å². The molecule has 0 N–H and O–H groups in total. The van der Waals surface area contributed by atoms with Crippen molar-refractivity contribution in [2.75, 3.05) is 20.7 Å². The molecule has 0 unspecified atom stereocenters. The lowest BCUT2D eigenvalue weighted by Gasteiger charge is -2.28. The summed E-state index contributed by atoms with van der Waals surface area (Å²) in [5, 5.41) is 0. The van der Waals surface area contributed by atoms with Gasteiger partial charge in [-0.3, -0.25) is 19.4 Å². The predicted octanol–water partition coefficient (Wildman–Crippen LogP) is 4.62. The van der Waals surface area contributed by atoms with Crippen LogP contribution in [0.5, 0.6) is 5.75 Å². The van der Waals surface area contributed by atoms with Crippen LogP contribution in [0.2, 0.25) is 0 Å². The summed E-state index contributed by atoms with van der Waals surface area (Å²) in [4.78, 5) is 38.3. The Labute approximate surface area is 180 Å². The summed E-state index contributed by atoms with van der Waals surface area (Å²) in [6.45, 7) is 0.671. The fourth-order valence-electron chi connectivity index (χ4n) is 3.90. The minimum Gasteiger partial charge on any atom is -0.492 e. The van der Waals surface area contributed by atoms with Crippen LogP contribution in [0.25, 0.3) is 6.08 Å². The maximum atomic E-state index is 12.3. The molecule has 1 saturated heterocycles. The molecular formula is C22H27BrN2O4. The van der Waals surface area contributed by atoms with Crippen LogP contribution in [0, 0.1) is 5.92 Å². The molecule has 1 saturated carbocycles. The molecular weight excluding hydrogens is 436 g/mol. The number of barbiturate groups is 1. The van der Waals surface area contributed by atoms with Gasteiger partial charge in [0.15, 0.2) is 0 Å². The molecule has 0 bridgehead atoms. The summed E-state index contributed by atoms with van der Waals surface area (Å²) >= 11 is 3.51. The van der Waals surface area contributed by atoms with Crippen molar-refractivity contribution in [3.05, 3.63) is 33.8 Å². The molecule has 1 aliphatic heterocycles. The van der Waals surface area contributed by atoms with E-state index in [0.717, 1.165) is 32.4 Å². The highest BCUT2D eigenvalue weighted by Crippen LogP contribution is 2.30. The van der Waals surface area contributed by atoms with Crippen LogP contribution < -0.4 is 4.74 Å². The van der Waals surface area contributed by atoms with E-state index in [-0.39, 0.29) is 5.57 Å². The molecule has 3 rings (SSSR count). The lowest BCUT2D eigenvalue weighted by Crippen LogP contribution is -2.52. The molecule has 2 fully saturated rings. The van der Waals surface area contributed by atoms with Gasteiger partial charge in [-0.2, -0.15) is 0 Å². The smallest absolute Gasteiger partial charge is 0.333 e. The molecule has 156 valence electrons. The van der Waals surface area contributed by atoms with Crippen molar-refractivity contribution in [2.45, 2.75) is 44.9 Å². The normalized spacial score (nSPS) is 18.4. The number of likely N-dealkylation sites (N-methyl/N-ethyl adjacent to an activating group) is 2. The van der Waals surface area contributed by atoms with Gasteiger partial charge >= 0.3 is 6.03 Å². The molecule has 1 aromatic carbocycles. The highest BCUT2D eigenvalue weighted by molar-refractivity contribution is 9.10. The van der Waals surface area contributed by atoms with E-state index in [1.54, 1.807) is 12.1 Å². The quantitative estimate of drug-likeness (QED) is 0.351. The van der Waals surface area contributed by atoms with Crippen LogP contribution in [0.4, 0.5) is 4.79 Å². The standard InChI is InChI=1S/C22H27BrN2O4/c1-24-20(26)17(21(27)25(2)22(24)28)13-16-10-11-19(18(23)14-16)29-12-6-9-15-7-4-3-5-8-15/h10-11,13-15H,3-9,12H2,1-2H3. The maximum absolute atomic E-state index is 12.3. The third-order valence-corrected chi connectivity index (χ3v) is 6.27. The van der Waals surface area contributed by atoms with Crippen molar-refractivity contribution in [3.63, 3.8) is 0 Å². The minimum absolute atomic E-state index is 0.0392. The lowest BCUT2D eigenvalue weighted by molar-refractivity contribution is -0.134. The first-order valence-corrected chi connectivity index (χ1v) is 10.9. The zero-order valence-electron chi connectivity index (χ0n) is 16.9. The third-order valence-electron chi connectivity index (χ3n) is 5.65. The zero-order valence-corrected chi connectivity index (χ0v) is 18.5. The van der Waals surface area contributed by atoms with Crippen molar-refractivity contribution in [1.29, 1.82) is 0 Å². The summed E-state index contributed by atoms with van der Waals surface area (Å²) in [7, 11) is 2.73. The number of urea groups is 1. The van der Waals surface area contributed by atoms with E-state index in [4.69, 9.17) is 4.74 Å². The van der Waals surface area contributed by atoms with Crippen molar-refractivity contribution in [3.8, 4) is 5.75 Å². The van der Waals surface area contributed by atoms with Gasteiger partial charge in [0, 0.05) is 14.1 Å². The summed E-state index contributed by atoms with van der Waals surface area (Å²) in [5.74, 6) is 0.384. The van der Waals surface area contributed by atoms with Gasteiger partial charge in [0.1, 0.15) is 11.3 Å². The van der Waals surface area contributed by atoms with Gasteiger partial charge < -0.3 is 4.74 Å². The first-order chi connectivity index (χ1) is 13.9. The number of rotatable bonds is 6. The zero-order chi connectivity index (χ0) is 21.0. The number of imide groups is 2. The number of benzene rings is 1. The molecule has 0 atom stereocenters. The van der Waals surface area contributed by atoms with Gasteiger partial charge in [-0.05, 0) is 58.5 Å². The van der Waals surface area contributed by atoms with Crippen LogP contribution in [-0.2, 0) is 9.59 Å². The van der Waals surface area contributed by atoms with Crippen LogP contribution in [0.3, 0.4) is 0 Å². The van der Waals surface area contributed by atoms with Crippen molar-refractivity contribution >= 4 is 39.9 Å². The summed E-state index contributed by atoms with van der Waals surface area (Å²) in [6, 6.07) is 4.80. The maximum Gasteiger partial charge on any atom is 0.333 e. The second-order valence-electron chi connectivity index (χ2n) is 7.75. The Morgan fingerprint density at radius 3 is 2.34 bits per heavy atom. The van der Waals surface area contributed by atoms with Gasteiger partial charge in [-0.25, -0.2) is 4.79 Å². The van der Waals surface area contributed by atoms with E-state index in [1.165, 1.54) is 58.7 Å². The molecule has 1 aromatic rings. The van der Waals surface area contributed by atoms with Gasteiger partial charge in [0.2, 0.25) is 0 Å². The molecule has 0 aromatic heterocycles. The van der Waals surface area contributed by atoms with Gasteiger partial charge in [0.25, 0.3) is 11.8 Å². The number of nitrogens with zero attached hydrogens (tertiary/aromatic N) is 2. The fourth-order valence-corrected chi connectivity index (χ4v) is 4.41. The van der Waals surface area contributed by atoms with Crippen LogP contribution >= 0.6 is 15.9 Å². The molecule has 2 aliphatic rings.